The lowest BCUT2D eigenvalue weighted by Crippen LogP contribution is -2.49. The lowest BCUT2D eigenvalue weighted by molar-refractivity contribution is -0.134. The van der Waals surface area contributed by atoms with Crippen molar-refractivity contribution < 1.29 is 4.79 Å². The molecule has 2 aliphatic rings. The van der Waals surface area contributed by atoms with Gasteiger partial charge in [-0.25, -0.2) is 5.01 Å². The number of carbonyl (C=O) groups excluding carboxylic acids is 1. The first-order chi connectivity index (χ1) is 12.7. The maximum atomic E-state index is 12.6. The zero-order chi connectivity index (χ0) is 18.1. The van der Waals surface area contributed by atoms with Gasteiger partial charge in [0.2, 0.25) is 5.91 Å². The van der Waals surface area contributed by atoms with Crippen LogP contribution in [-0.2, 0) is 16.1 Å². The van der Waals surface area contributed by atoms with Crippen molar-refractivity contribution in [3.05, 3.63) is 71.3 Å². The Labute approximate surface area is 158 Å². The highest BCUT2D eigenvalue weighted by Gasteiger charge is 2.54. The molecule has 0 fully saturated rings. The summed E-state index contributed by atoms with van der Waals surface area (Å²) in [5.74, 6) is 0.253. The van der Waals surface area contributed by atoms with E-state index in [4.69, 9.17) is 10.8 Å². The standard InChI is InChI=1S/C21H23N3OS/c1-15(25)24-21(26-20(23-24)17-8-3-2-4-9-17)18(13-14-22)12-11-16-7-5-6-10-19(16)21/h2-10,18H,11-14,22H2,1H3/t18-,21+/m0/s1. The Morgan fingerprint density at radius 2 is 1.96 bits per heavy atom. The van der Waals surface area contributed by atoms with Crippen LogP contribution in [0.3, 0.4) is 0 Å². The summed E-state index contributed by atoms with van der Waals surface area (Å²) in [4.78, 5) is 12.1. The molecule has 0 saturated heterocycles. The fourth-order valence-electron chi connectivity index (χ4n) is 4.18. The second-order valence-electron chi connectivity index (χ2n) is 6.87. The molecule has 2 atom stereocenters. The molecule has 4 rings (SSSR count). The quantitative estimate of drug-likeness (QED) is 0.902. The average Bonchev–Trinajstić information content (AvgIpc) is 3.07. The van der Waals surface area contributed by atoms with E-state index in [1.807, 2.05) is 18.2 Å². The average molecular weight is 366 g/mol. The van der Waals surface area contributed by atoms with Crippen molar-refractivity contribution in [1.82, 2.24) is 5.01 Å². The molecule has 2 aromatic rings. The van der Waals surface area contributed by atoms with Crippen LogP contribution >= 0.6 is 11.8 Å². The van der Waals surface area contributed by atoms with E-state index in [-0.39, 0.29) is 11.8 Å². The van der Waals surface area contributed by atoms with E-state index < -0.39 is 4.87 Å². The highest BCUT2D eigenvalue weighted by atomic mass is 32.2. The van der Waals surface area contributed by atoms with Crippen LogP contribution in [-0.4, -0.2) is 22.5 Å². The topological polar surface area (TPSA) is 58.7 Å². The minimum atomic E-state index is -0.495. The molecule has 26 heavy (non-hydrogen) atoms. The highest BCUT2D eigenvalue weighted by Crippen LogP contribution is 2.57. The van der Waals surface area contributed by atoms with Crippen LogP contribution in [0.5, 0.6) is 0 Å². The summed E-state index contributed by atoms with van der Waals surface area (Å²) in [6.07, 6.45) is 2.92. The van der Waals surface area contributed by atoms with Gasteiger partial charge in [-0.3, -0.25) is 4.79 Å². The van der Waals surface area contributed by atoms with Crippen molar-refractivity contribution in [3.63, 3.8) is 0 Å². The molecule has 2 aromatic carbocycles. The van der Waals surface area contributed by atoms with Gasteiger partial charge >= 0.3 is 0 Å². The fraction of sp³-hybridized carbons (Fsp3) is 0.333. The number of aryl methyl sites for hydroxylation is 1. The number of amides is 1. The number of hydrogen-bond acceptors (Lipinski definition) is 4. The fourth-order valence-corrected chi connectivity index (χ4v) is 5.82. The molecule has 0 radical (unpaired) electrons. The molecule has 0 bridgehead atoms. The Bertz CT molecular complexity index is 851. The first kappa shape index (κ1) is 17.3. The predicted molar refractivity (Wildman–Crippen MR) is 107 cm³/mol. The minimum absolute atomic E-state index is 0.0258. The number of rotatable bonds is 3. The van der Waals surface area contributed by atoms with Crippen molar-refractivity contribution in [2.75, 3.05) is 6.54 Å². The number of benzene rings is 2. The maximum absolute atomic E-state index is 12.6. The van der Waals surface area contributed by atoms with Gasteiger partial charge in [-0.2, -0.15) is 5.10 Å². The lowest BCUT2D eigenvalue weighted by Gasteiger charge is -2.45. The van der Waals surface area contributed by atoms with E-state index in [1.54, 1.807) is 23.7 Å². The van der Waals surface area contributed by atoms with Gasteiger partial charge in [0, 0.05) is 12.5 Å². The van der Waals surface area contributed by atoms with Crippen LogP contribution in [0, 0.1) is 5.92 Å². The molecule has 134 valence electrons. The third-order valence-electron chi connectivity index (χ3n) is 5.31. The summed E-state index contributed by atoms with van der Waals surface area (Å²) < 4.78 is 0. The van der Waals surface area contributed by atoms with Gasteiger partial charge < -0.3 is 5.73 Å². The zero-order valence-corrected chi connectivity index (χ0v) is 15.7. The molecule has 1 heterocycles. The van der Waals surface area contributed by atoms with Crippen molar-refractivity contribution in [2.24, 2.45) is 16.8 Å². The van der Waals surface area contributed by atoms with Gasteiger partial charge in [-0.1, -0.05) is 66.4 Å². The molecule has 0 unspecified atom stereocenters. The Morgan fingerprint density at radius 3 is 2.69 bits per heavy atom. The molecule has 2 N–H and O–H groups in total. The van der Waals surface area contributed by atoms with Crippen molar-refractivity contribution in [2.45, 2.75) is 31.1 Å². The number of fused-ring (bicyclic) bond motifs is 2. The summed E-state index contributed by atoms with van der Waals surface area (Å²) in [6, 6.07) is 18.6. The van der Waals surface area contributed by atoms with Crippen LogP contribution in [0.15, 0.2) is 59.7 Å². The van der Waals surface area contributed by atoms with Gasteiger partial charge in [-0.05, 0) is 42.9 Å². The van der Waals surface area contributed by atoms with Gasteiger partial charge in [0.05, 0.1) is 0 Å². The monoisotopic (exact) mass is 365 g/mol. The minimum Gasteiger partial charge on any atom is -0.330 e. The third kappa shape index (κ3) is 2.66. The summed E-state index contributed by atoms with van der Waals surface area (Å²) in [7, 11) is 0. The number of hydrogen-bond donors (Lipinski definition) is 1. The highest BCUT2D eigenvalue weighted by molar-refractivity contribution is 8.15. The van der Waals surface area contributed by atoms with Crippen molar-refractivity contribution in [3.8, 4) is 0 Å². The zero-order valence-electron chi connectivity index (χ0n) is 14.9. The number of carbonyl (C=O) groups is 1. The van der Waals surface area contributed by atoms with Crippen LogP contribution in [0.25, 0.3) is 0 Å². The van der Waals surface area contributed by atoms with E-state index in [2.05, 4.69) is 36.4 Å². The summed E-state index contributed by atoms with van der Waals surface area (Å²) in [6.45, 7) is 2.22. The Morgan fingerprint density at radius 1 is 1.23 bits per heavy atom. The molecule has 1 aliphatic heterocycles. The van der Waals surface area contributed by atoms with E-state index in [1.165, 1.54) is 11.1 Å². The van der Waals surface area contributed by atoms with Crippen molar-refractivity contribution >= 4 is 22.7 Å². The smallest absolute Gasteiger partial charge is 0.241 e. The predicted octanol–water partition coefficient (Wildman–Crippen LogP) is 3.71. The number of nitrogens with two attached hydrogens (primary N) is 1. The number of nitrogens with zero attached hydrogens (tertiary/aromatic N) is 2. The maximum Gasteiger partial charge on any atom is 0.241 e. The van der Waals surface area contributed by atoms with E-state index in [9.17, 15) is 4.79 Å². The summed E-state index contributed by atoms with van der Waals surface area (Å²) >= 11 is 1.71. The molecule has 5 heteroatoms. The second-order valence-corrected chi connectivity index (χ2v) is 8.08. The molecular formula is C21H23N3OS. The molecular weight excluding hydrogens is 342 g/mol. The molecule has 4 nitrogen and oxygen atoms in total. The Balaban J connectivity index is 1.87. The van der Waals surface area contributed by atoms with Crippen LogP contribution in [0.2, 0.25) is 0 Å². The molecule has 1 spiro atoms. The first-order valence-electron chi connectivity index (χ1n) is 9.09. The summed E-state index contributed by atoms with van der Waals surface area (Å²) in [5, 5.41) is 7.41. The molecule has 0 saturated carbocycles. The van der Waals surface area contributed by atoms with Crippen LogP contribution in [0.4, 0.5) is 0 Å². The molecule has 0 aromatic heterocycles. The van der Waals surface area contributed by atoms with Gasteiger partial charge in [0.25, 0.3) is 0 Å². The second kappa shape index (κ2) is 6.89. The van der Waals surface area contributed by atoms with Gasteiger partial charge in [-0.15, -0.1) is 0 Å². The van der Waals surface area contributed by atoms with E-state index in [0.717, 1.165) is 29.9 Å². The normalized spacial score (nSPS) is 24.5. The first-order valence-corrected chi connectivity index (χ1v) is 9.90. The molecule has 1 aliphatic carbocycles. The third-order valence-corrected chi connectivity index (χ3v) is 6.86. The number of thioether (sulfide) groups is 1. The van der Waals surface area contributed by atoms with E-state index in [0.29, 0.717) is 6.54 Å². The Hall–Kier alpha value is -2.11. The van der Waals surface area contributed by atoms with Crippen LogP contribution in [0.1, 0.15) is 36.5 Å². The van der Waals surface area contributed by atoms with Gasteiger partial charge in [0.1, 0.15) is 9.91 Å². The Kier molecular flexibility index (Phi) is 4.59. The van der Waals surface area contributed by atoms with Crippen molar-refractivity contribution in [1.29, 1.82) is 0 Å². The summed E-state index contributed by atoms with van der Waals surface area (Å²) in [5.41, 5.74) is 9.52. The molecule has 1 amide bonds. The SMILES string of the molecule is CC(=O)N1N=C(c2ccccc2)S[C@]12c1ccccc1CC[C@H]2CCN. The van der Waals surface area contributed by atoms with Gasteiger partial charge in [0.15, 0.2) is 0 Å². The van der Waals surface area contributed by atoms with Crippen LogP contribution < -0.4 is 5.73 Å². The lowest BCUT2D eigenvalue weighted by atomic mass is 9.77. The number of hydrazone groups is 1. The van der Waals surface area contributed by atoms with E-state index >= 15 is 0 Å². The largest absolute Gasteiger partial charge is 0.330 e.